The molecule has 0 spiro atoms. The molecule has 1 aromatic heterocycles. The van der Waals surface area contributed by atoms with Crippen LogP contribution in [-0.4, -0.2) is 15.9 Å². The van der Waals surface area contributed by atoms with Gasteiger partial charge in [0.15, 0.2) is 17.5 Å². The third-order valence-electron chi connectivity index (χ3n) is 3.15. The van der Waals surface area contributed by atoms with Crippen molar-refractivity contribution in [2.45, 2.75) is 0 Å². The molecule has 3 rings (SSSR count). The molecular formula is C15H9F3N4O2. The molecule has 0 amide bonds. The van der Waals surface area contributed by atoms with E-state index in [1.54, 1.807) is 0 Å². The van der Waals surface area contributed by atoms with E-state index in [0.717, 1.165) is 0 Å². The molecule has 122 valence electrons. The van der Waals surface area contributed by atoms with Crippen LogP contribution >= 0.6 is 0 Å². The minimum Gasteiger partial charge on any atom is -0.423 e. The standard InChI is InChI=1S/C15H9F3N4O2/c16-9-4-7(5-10(17)12(9)18)24-14(23)6-1-2-11-8(3-6)13(19)22-15(20)21-11/h1-5H,(H4,19,20,21,22). The highest BCUT2D eigenvalue weighted by Crippen LogP contribution is 2.23. The molecule has 0 fully saturated rings. The summed E-state index contributed by atoms with van der Waals surface area (Å²) in [4.78, 5) is 19.8. The van der Waals surface area contributed by atoms with Gasteiger partial charge in [-0.2, -0.15) is 4.98 Å². The Morgan fingerprint density at radius 1 is 1.00 bits per heavy atom. The quantitative estimate of drug-likeness (QED) is 0.424. The van der Waals surface area contributed by atoms with E-state index >= 15 is 0 Å². The van der Waals surface area contributed by atoms with E-state index < -0.39 is 29.2 Å². The van der Waals surface area contributed by atoms with Crippen molar-refractivity contribution in [3.05, 3.63) is 53.3 Å². The zero-order chi connectivity index (χ0) is 17.4. The summed E-state index contributed by atoms with van der Waals surface area (Å²) in [6, 6.07) is 5.31. The number of hydrogen-bond acceptors (Lipinski definition) is 6. The number of halogens is 3. The molecule has 0 saturated carbocycles. The molecule has 0 unspecified atom stereocenters. The number of anilines is 2. The summed E-state index contributed by atoms with van der Waals surface area (Å²) in [5.41, 5.74) is 11.6. The number of nitrogens with two attached hydrogens (primary N) is 2. The van der Waals surface area contributed by atoms with Gasteiger partial charge in [-0.1, -0.05) is 0 Å². The minimum absolute atomic E-state index is 0.0208. The van der Waals surface area contributed by atoms with Crippen LogP contribution < -0.4 is 16.2 Å². The van der Waals surface area contributed by atoms with Crippen molar-refractivity contribution in [1.29, 1.82) is 0 Å². The number of hydrogen-bond donors (Lipinski definition) is 2. The molecule has 0 radical (unpaired) electrons. The molecule has 9 heteroatoms. The van der Waals surface area contributed by atoms with Crippen LogP contribution in [0.5, 0.6) is 5.75 Å². The van der Waals surface area contributed by atoms with Crippen LogP contribution in [0, 0.1) is 17.5 Å². The second kappa shape index (κ2) is 5.69. The Hall–Kier alpha value is -3.36. The maximum Gasteiger partial charge on any atom is 0.343 e. The molecule has 0 atom stereocenters. The number of nitrogens with zero attached hydrogens (tertiary/aromatic N) is 2. The van der Waals surface area contributed by atoms with E-state index in [4.69, 9.17) is 16.2 Å². The lowest BCUT2D eigenvalue weighted by molar-refractivity contribution is 0.0733. The Morgan fingerprint density at radius 2 is 1.67 bits per heavy atom. The number of aromatic nitrogens is 2. The summed E-state index contributed by atoms with van der Waals surface area (Å²) in [6.07, 6.45) is 0. The number of ether oxygens (including phenoxy) is 1. The third-order valence-corrected chi connectivity index (χ3v) is 3.15. The Labute approximate surface area is 132 Å². The summed E-state index contributed by atoms with van der Waals surface area (Å²) in [5.74, 6) is -5.94. The summed E-state index contributed by atoms with van der Waals surface area (Å²) >= 11 is 0. The van der Waals surface area contributed by atoms with Gasteiger partial charge in [0.1, 0.15) is 11.6 Å². The van der Waals surface area contributed by atoms with Crippen molar-refractivity contribution in [2.24, 2.45) is 0 Å². The molecule has 0 aliphatic rings. The maximum atomic E-state index is 13.1. The first kappa shape index (κ1) is 15.5. The van der Waals surface area contributed by atoms with Crippen molar-refractivity contribution in [2.75, 3.05) is 11.5 Å². The highest BCUT2D eigenvalue weighted by atomic mass is 19.2. The predicted molar refractivity (Wildman–Crippen MR) is 79.6 cm³/mol. The van der Waals surface area contributed by atoms with E-state index in [-0.39, 0.29) is 17.3 Å². The molecule has 1 heterocycles. The Kier molecular flexibility index (Phi) is 3.68. The summed E-state index contributed by atoms with van der Waals surface area (Å²) in [6.45, 7) is 0. The van der Waals surface area contributed by atoms with Crippen LogP contribution in [0.4, 0.5) is 24.9 Å². The maximum absolute atomic E-state index is 13.1. The highest BCUT2D eigenvalue weighted by Gasteiger charge is 2.16. The second-order valence-corrected chi connectivity index (χ2v) is 4.79. The number of nitrogen functional groups attached to an aromatic ring is 2. The number of benzene rings is 2. The van der Waals surface area contributed by atoms with Crippen molar-refractivity contribution in [3.63, 3.8) is 0 Å². The average Bonchev–Trinajstić information content (AvgIpc) is 2.52. The highest BCUT2D eigenvalue weighted by molar-refractivity contribution is 5.98. The van der Waals surface area contributed by atoms with E-state index in [9.17, 15) is 18.0 Å². The molecule has 0 aliphatic heterocycles. The van der Waals surface area contributed by atoms with Crippen molar-refractivity contribution < 1.29 is 22.7 Å². The molecule has 6 nitrogen and oxygen atoms in total. The van der Waals surface area contributed by atoms with E-state index in [1.807, 2.05) is 0 Å². The lowest BCUT2D eigenvalue weighted by atomic mass is 10.1. The summed E-state index contributed by atoms with van der Waals surface area (Å²) in [5, 5.41) is 0.357. The van der Waals surface area contributed by atoms with E-state index in [1.165, 1.54) is 18.2 Å². The predicted octanol–water partition coefficient (Wildman–Crippen LogP) is 2.43. The number of carbonyl (C=O) groups excluding carboxylic acids is 1. The lowest BCUT2D eigenvalue weighted by Gasteiger charge is -2.07. The largest absolute Gasteiger partial charge is 0.423 e. The van der Waals surface area contributed by atoms with Gasteiger partial charge >= 0.3 is 5.97 Å². The van der Waals surface area contributed by atoms with E-state index in [0.29, 0.717) is 23.0 Å². The van der Waals surface area contributed by atoms with Gasteiger partial charge in [-0.15, -0.1) is 0 Å². The first-order chi connectivity index (χ1) is 11.3. The molecule has 2 aromatic carbocycles. The zero-order valence-electron chi connectivity index (χ0n) is 11.9. The van der Waals surface area contributed by atoms with Crippen LogP contribution in [0.3, 0.4) is 0 Å². The third kappa shape index (κ3) is 2.78. The first-order valence-corrected chi connectivity index (χ1v) is 6.54. The zero-order valence-corrected chi connectivity index (χ0v) is 11.9. The van der Waals surface area contributed by atoms with Crippen molar-refractivity contribution in [3.8, 4) is 5.75 Å². The molecule has 4 N–H and O–H groups in total. The van der Waals surface area contributed by atoms with Crippen LogP contribution in [0.25, 0.3) is 10.9 Å². The Bertz CT molecular complexity index is 955. The number of carbonyl (C=O) groups is 1. The Morgan fingerprint density at radius 3 is 2.33 bits per heavy atom. The lowest BCUT2D eigenvalue weighted by Crippen LogP contribution is -2.10. The normalized spacial score (nSPS) is 10.8. The molecule has 3 aromatic rings. The monoisotopic (exact) mass is 334 g/mol. The second-order valence-electron chi connectivity index (χ2n) is 4.79. The van der Waals surface area contributed by atoms with Crippen LogP contribution in [-0.2, 0) is 0 Å². The summed E-state index contributed by atoms with van der Waals surface area (Å²) < 4.78 is 44.0. The minimum atomic E-state index is -1.65. The van der Waals surface area contributed by atoms with Gasteiger partial charge in [-0.3, -0.25) is 0 Å². The van der Waals surface area contributed by atoms with Gasteiger partial charge in [-0.05, 0) is 18.2 Å². The molecule has 24 heavy (non-hydrogen) atoms. The van der Waals surface area contributed by atoms with Crippen LogP contribution in [0.1, 0.15) is 10.4 Å². The SMILES string of the molecule is Nc1nc(N)c2cc(C(=O)Oc3cc(F)c(F)c(F)c3)ccc2n1. The van der Waals surface area contributed by atoms with Gasteiger partial charge < -0.3 is 16.2 Å². The number of fused-ring (bicyclic) bond motifs is 1. The molecule has 0 aliphatic carbocycles. The topological polar surface area (TPSA) is 104 Å². The molecule has 0 bridgehead atoms. The fourth-order valence-electron chi connectivity index (χ4n) is 2.05. The van der Waals surface area contributed by atoms with Gasteiger partial charge in [0.05, 0.1) is 11.1 Å². The fourth-order valence-corrected chi connectivity index (χ4v) is 2.05. The molecular weight excluding hydrogens is 325 g/mol. The van der Waals surface area contributed by atoms with Crippen LogP contribution in [0.15, 0.2) is 30.3 Å². The van der Waals surface area contributed by atoms with Gasteiger partial charge in [0.25, 0.3) is 0 Å². The molecule has 0 saturated heterocycles. The first-order valence-electron chi connectivity index (χ1n) is 6.54. The number of esters is 1. The smallest absolute Gasteiger partial charge is 0.343 e. The summed E-state index contributed by atoms with van der Waals surface area (Å²) in [7, 11) is 0. The van der Waals surface area contributed by atoms with Gasteiger partial charge in [-0.25, -0.2) is 22.9 Å². The van der Waals surface area contributed by atoms with Gasteiger partial charge in [0, 0.05) is 17.5 Å². The average molecular weight is 334 g/mol. The van der Waals surface area contributed by atoms with E-state index in [2.05, 4.69) is 9.97 Å². The fraction of sp³-hybridized carbons (Fsp3) is 0. The number of rotatable bonds is 2. The van der Waals surface area contributed by atoms with Crippen molar-refractivity contribution >= 4 is 28.6 Å². The van der Waals surface area contributed by atoms with Crippen molar-refractivity contribution in [1.82, 2.24) is 9.97 Å². The Balaban J connectivity index is 1.94. The van der Waals surface area contributed by atoms with Crippen LogP contribution in [0.2, 0.25) is 0 Å². The van der Waals surface area contributed by atoms with Gasteiger partial charge in [0.2, 0.25) is 5.95 Å².